The lowest BCUT2D eigenvalue weighted by molar-refractivity contribution is -0.136. The predicted octanol–water partition coefficient (Wildman–Crippen LogP) is 2.98. The zero-order valence-corrected chi connectivity index (χ0v) is 19.5. The quantitative estimate of drug-likeness (QED) is 0.721. The molecule has 2 atom stereocenters. The molecule has 172 valence electrons. The fourth-order valence-electron chi connectivity index (χ4n) is 5.06. The van der Waals surface area contributed by atoms with Crippen LogP contribution in [0.2, 0.25) is 0 Å². The zero-order valence-electron chi connectivity index (χ0n) is 19.5. The molecular weight excluding hydrogens is 392 g/mol. The molecule has 3 heterocycles. The molecule has 0 bridgehead atoms. The molecule has 7 heteroatoms. The molecule has 3 aliphatic rings. The molecule has 1 saturated heterocycles. The van der Waals surface area contributed by atoms with Crippen molar-refractivity contribution in [2.24, 2.45) is 0 Å². The molecule has 1 aromatic rings. The second-order valence-corrected chi connectivity index (χ2v) is 10.2. The van der Waals surface area contributed by atoms with E-state index in [-0.39, 0.29) is 24.0 Å². The summed E-state index contributed by atoms with van der Waals surface area (Å²) in [7, 11) is 0. The van der Waals surface area contributed by atoms with Crippen molar-refractivity contribution in [3.63, 3.8) is 0 Å². The highest BCUT2D eigenvalue weighted by Crippen LogP contribution is 2.46. The second kappa shape index (κ2) is 8.58. The molecule has 4 rings (SSSR count). The van der Waals surface area contributed by atoms with Crippen LogP contribution in [-0.2, 0) is 22.6 Å². The van der Waals surface area contributed by atoms with Gasteiger partial charge < -0.3 is 25.4 Å². The van der Waals surface area contributed by atoms with Crippen LogP contribution >= 0.6 is 0 Å². The maximum absolute atomic E-state index is 12.7. The molecular formula is C24H38N4O3. The number of aliphatic hydroxyl groups excluding tert-OH is 1. The van der Waals surface area contributed by atoms with Crippen LogP contribution < -0.4 is 10.6 Å². The Morgan fingerprint density at radius 3 is 2.71 bits per heavy atom. The van der Waals surface area contributed by atoms with Gasteiger partial charge in [-0.1, -0.05) is 13.3 Å². The Labute approximate surface area is 185 Å². The number of carbonyl (C=O) groups excluding carboxylic acids is 1. The predicted molar refractivity (Wildman–Crippen MR) is 122 cm³/mol. The number of hydrogen-bond donors (Lipinski definition) is 2. The number of pyridine rings is 1. The normalized spacial score (nSPS) is 24.1. The second-order valence-electron chi connectivity index (χ2n) is 10.2. The van der Waals surface area contributed by atoms with Crippen LogP contribution in [0.3, 0.4) is 0 Å². The number of hydrogen-bond acceptors (Lipinski definition) is 6. The van der Waals surface area contributed by atoms with Crippen LogP contribution in [0, 0.1) is 0 Å². The highest BCUT2D eigenvalue weighted by Gasteiger charge is 2.38. The van der Waals surface area contributed by atoms with E-state index in [0.717, 1.165) is 37.3 Å². The molecule has 0 aromatic carbocycles. The third kappa shape index (κ3) is 4.67. The van der Waals surface area contributed by atoms with Crippen molar-refractivity contribution in [1.29, 1.82) is 0 Å². The van der Waals surface area contributed by atoms with Gasteiger partial charge in [-0.15, -0.1) is 0 Å². The minimum Gasteiger partial charge on any atom is -0.395 e. The van der Waals surface area contributed by atoms with E-state index in [1.54, 1.807) is 6.92 Å². The Kier molecular flexibility index (Phi) is 6.19. The number of nitrogen functional groups attached to an aromatic ring is 1. The summed E-state index contributed by atoms with van der Waals surface area (Å²) >= 11 is 0. The SMILES string of the molecule is CCC[C@@H]1CN(c2nc(C3CC3)c3c(c2N)CC(C)(C)OC3)CCN1C(=O)CC(C)O. The molecule has 0 spiro atoms. The van der Waals surface area contributed by atoms with Gasteiger partial charge in [0.2, 0.25) is 5.91 Å². The van der Waals surface area contributed by atoms with E-state index in [9.17, 15) is 9.90 Å². The smallest absolute Gasteiger partial charge is 0.225 e. The molecule has 1 unspecified atom stereocenters. The number of aliphatic hydroxyl groups is 1. The van der Waals surface area contributed by atoms with E-state index in [4.69, 9.17) is 15.5 Å². The van der Waals surface area contributed by atoms with Crippen molar-refractivity contribution >= 4 is 17.4 Å². The Balaban J connectivity index is 1.63. The molecule has 1 saturated carbocycles. The van der Waals surface area contributed by atoms with E-state index in [2.05, 4.69) is 25.7 Å². The maximum atomic E-state index is 12.7. The molecule has 2 aliphatic heterocycles. The number of amides is 1. The minimum absolute atomic E-state index is 0.0389. The van der Waals surface area contributed by atoms with Gasteiger partial charge in [-0.25, -0.2) is 4.98 Å². The van der Waals surface area contributed by atoms with E-state index in [0.29, 0.717) is 25.6 Å². The van der Waals surface area contributed by atoms with Gasteiger partial charge in [0, 0.05) is 43.6 Å². The lowest BCUT2D eigenvalue weighted by Gasteiger charge is -2.43. The van der Waals surface area contributed by atoms with Crippen LogP contribution in [0.15, 0.2) is 0 Å². The number of fused-ring (bicyclic) bond motifs is 1. The molecule has 1 aliphatic carbocycles. The van der Waals surface area contributed by atoms with Gasteiger partial charge in [-0.05, 0) is 45.6 Å². The van der Waals surface area contributed by atoms with Crippen molar-refractivity contribution in [3.8, 4) is 0 Å². The van der Waals surface area contributed by atoms with E-state index >= 15 is 0 Å². The molecule has 3 N–H and O–H groups in total. The standard InChI is InChI=1S/C24H38N4O3/c1-5-6-17-13-27(9-10-28(17)20(30)11-15(2)29)23-21(25)18-12-24(3,4)31-14-19(18)22(26-23)16-7-8-16/h15-17,29H,5-14,25H2,1-4H3/t15?,17-/m1/s1. The first-order chi connectivity index (χ1) is 14.7. The Morgan fingerprint density at radius 1 is 1.32 bits per heavy atom. The summed E-state index contributed by atoms with van der Waals surface area (Å²) in [5, 5.41) is 9.68. The topological polar surface area (TPSA) is 91.9 Å². The van der Waals surface area contributed by atoms with Crippen molar-refractivity contribution in [3.05, 3.63) is 16.8 Å². The Hall–Kier alpha value is -1.86. The maximum Gasteiger partial charge on any atom is 0.225 e. The number of ether oxygens (including phenoxy) is 1. The average molecular weight is 431 g/mol. The van der Waals surface area contributed by atoms with Crippen LogP contribution in [0.5, 0.6) is 0 Å². The van der Waals surface area contributed by atoms with Gasteiger partial charge in [0.05, 0.1) is 36.1 Å². The third-order valence-corrected chi connectivity index (χ3v) is 6.83. The zero-order chi connectivity index (χ0) is 22.3. The van der Waals surface area contributed by atoms with Crippen molar-refractivity contribution in [2.45, 2.75) is 96.5 Å². The van der Waals surface area contributed by atoms with Crippen LogP contribution in [0.1, 0.15) is 82.5 Å². The first kappa shape index (κ1) is 22.3. The van der Waals surface area contributed by atoms with Crippen molar-refractivity contribution < 1.29 is 14.6 Å². The van der Waals surface area contributed by atoms with Gasteiger partial charge in [0.1, 0.15) is 0 Å². The molecule has 1 aromatic heterocycles. The molecule has 0 radical (unpaired) electrons. The van der Waals surface area contributed by atoms with Crippen molar-refractivity contribution in [2.75, 3.05) is 30.3 Å². The number of rotatable bonds is 6. The fraction of sp³-hybridized carbons (Fsp3) is 0.750. The number of carbonyl (C=O) groups is 1. The highest BCUT2D eigenvalue weighted by molar-refractivity contribution is 5.78. The Morgan fingerprint density at radius 2 is 2.06 bits per heavy atom. The number of anilines is 2. The van der Waals surface area contributed by atoms with E-state index in [1.165, 1.54) is 29.7 Å². The van der Waals surface area contributed by atoms with Crippen LogP contribution in [0.25, 0.3) is 0 Å². The van der Waals surface area contributed by atoms with E-state index < -0.39 is 6.10 Å². The first-order valence-corrected chi connectivity index (χ1v) is 11.9. The summed E-state index contributed by atoms with van der Waals surface area (Å²) in [6, 6.07) is 0.117. The largest absolute Gasteiger partial charge is 0.395 e. The molecule has 31 heavy (non-hydrogen) atoms. The van der Waals surface area contributed by atoms with Crippen LogP contribution in [-0.4, -0.2) is 58.3 Å². The Bertz CT molecular complexity index is 835. The van der Waals surface area contributed by atoms with E-state index in [1.807, 2.05) is 4.90 Å². The number of nitrogens with zero attached hydrogens (tertiary/aromatic N) is 3. The number of piperazine rings is 1. The molecule has 7 nitrogen and oxygen atoms in total. The lowest BCUT2D eigenvalue weighted by atomic mass is 9.89. The van der Waals surface area contributed by atoms with Gasteiger partial charge in [-0.2, -0.15) is 0 Å². The molecule has 2 fully saturated rings. The fourth-order valence-corrected chi connectivity index (χ4v) is 5.06. The summed E-state index contributed by atoms with van der Waals surface area (Å²) in [5.74, 6) is 1.46. The van der Waals surface area contributed by atoms with Crippen LogP contribution in [0.4, 0.5) is 11.5 Å². The summed E-state index contributed by atoms with van der Waals surface area (Å²) in [4.78, 5) is 22.1. The van der Waals surface area contributed by atoms with Gasteiger partial charge in [-0.3, -0.25) is 4.79 Å². The first-order valence-electron chi connectivity index (χ1n) is 11.9. The molecule has 1 amide bonds. The monoisotopic (exact) mass is 430 g/mol. The highest BCUT2D eigenvalue weighted by atomic mass is 16.5. The van der Waals surface area contributed by atoms with Crippen molar-refractivity contribution in [1.82, 2.24) is 9.88 Å². The van der Waals surface area contributed by atoms with Gasteiger partial charge >= 0.3 is 0 Å². The van der Waals surface area contributed by atoms with Gasteiger partial charge in [0.25, 0.3) is 0 Å². The van der Waals surface area contributed by atoms with Gasteiger partial charge in [0.15, 0.2) is 5.82 Å². The lowest BCUT2D eigenvalue weighted by Crippen LogP contribution is -2.56. The summed E-state index contributed by atoms with van der Waals surface area (Å²) in [6.07, 6.45) is 4.68. The third-order valence-electron chi connectivity index (χ3n) is 6.83. The number of nitrogens with two attached hydrogens (primary N) is 1. The summed E-state index contributed by atoms with van der Waals surface area (Å²) < 4.78 is 6.10. The summed E-state index contributed by atoms with van der Waals surface area (Å²) in [5.41, 5.74) is 10.9. The minimum atomic E-state index is -0.613. The average Bonchev–Trinajstić information content (AvgIpc) is 3.53. The summed E-state index contributed by atoms with van der Waals surface area (Å²) in [6.45, 7) is 10.7. The number of aromatic nitrogens is 1.